The van der Waals surface area contributed by atoms with Crippen LogP contribution in [-0.4, -0.2) is 10.1 Å². The average molecular weight is 260 g/mol. The molecule has 0 fully saturated rings. The van der Waals surface area contributed by atoms with E-state index in [-0.39, 0.29) is 0 Å². The van der Waals surface area contributed by atoms with Gasteiger partial charge in [-0.05, 0) is 22.9 Å². The monoisotopic (exact) mass is 259 g/mol. The van der Waals surface area contributed by atoms with Gasteiger partial charge >= 0.3 is 0 Å². The van der Waals surface area contributed by atoms with Gasteiger partial charge in [0.2, 0.25) is 5.88 Å². The van der Waals surface area contributed by atoms with Gasteiger partial charge in [-0.2, -0.15) is 0 Å². The van der Waals surface area contributed by atoms with Crippen molar-refractivity contribution in [3.05, 3.63) is 14.9 Å². The SMILES string of the molecule is Cc1c(-c2ncsc2Br)noc1N. The van der Waals surface area contributed by atoms with E-state index < -0.39 is 0 Å². The molecule has 4 nitrogen and oxygen atoms in total. The van der Waals surface area contributed by atoms with Crippen molar-refractivity contribution in [3.8, 4) is 11.4 Å². The summed E-state index contributed by atoms with van der Waals surface area (Å²) in [4.78, 5) is 4.15. The van der Waals surface area contributed by atoms with Crippen molar-refractivity contribution in [2.75, 3.05) is 5.73 Å². The number of thiazole rings is 1. The first-order valence-electron chi connectivity index (χ1n) is 3.51. The molecule has 0 radical (unpaired) electrons. The van der Waals surface area contributed by atoms with Gasteiger partial charge in [0.25, 0.3) is 0 Å². The zero-order valence-electron chi connectivity index (χ0n) is 6.74. The molecule has 0 aliphatic heterocycles. The van der Waals surface area contributed by atoms with Crippen LogP contribution in [0, 0.1) is 6.92 Å². The van der Waals surface area contributed by atoms with E-state index in [2.05, 4.69) is 26.1 Å². The standard InChI is InChI=1S/C7H6BrN3OS/c1-3-4(11-12-7(3)9)5-6(8)13-2-10-5/h2H,9H2,1H3. The molecule has 0 saturated heterocycles. The molecule has 68 valence electrons. The highest BCUT2D eigenvalue weighted by molar-refractivity contribution is 9.11. The number of halogens is 1. The summed E-state index contributed by atoms with van der Waals surface area (Å²) >= 11 is 4.88. The summed E-state index contributed by atoms with van der Waals surface area (Å²) in [7, 11) is 0. The van der Waals surface area contributed by atoms with Crippen LogP contribution in [0.25, 0.3) is 11.4 Å². The summed E-state index contributed by atoms with van der Waals surface area (Å²) in [6.45, 7) is 1.85. The summed E-state index contributed by atoms with van der Waals surface area (Å²) in [5.74, 6) is 0.343. The minimum absolute atomic E-state index is 0.343. The second kappa shape index (κ2) is 3.12. The van der Waals surface area contributed by atoms with Gasteiger partial charge in [0.15, 0.2) is 0 Å². The van der Waals surface area contributed by atoms with Crippen LogP contribution in [0.15, 0.2) is 13.8 Å². The van der Waals surface area contributed by atoms with Crippen LogP contribution in [0.2, 0.25) is 0 Å². The molecule has 2 rings (SSSR count). The summed E-state index contributed by atoms with van der Waals surface area (Å²) < 4.78 is 5.78. The molecule has 2 aromatic heterocycles. The van der Waals surface area contributed by atoms with E-state index >= 15 is 0 Å². The van der Waals surface area contributed by atoms with Crippen LogP contribution in [0.3, 0.4) is 0 Å². The lowest BCUT2D eigenvalue weighted by atomic mass is 10.2. The van der Waals surface area contributed by atoms with Gasteiger partial charge in [0, 0.05) is 5.56 Å². The third-order valence-electron chi connectivity index (χ3n) is 1.71. The third-order valence-corrected chi connectivity index (χ3v) is 3.26. The predicted molar refractivity (Wildman–Crippen MR) is 54.5 cm³/mol. The van der Waals surface area contributed by atoms with Gasteiger partial charge in [0.1, 0.15) is 11.4 Å². The Balaban J connectivity index is 2.59. The summed E-state index contributed by atoms with van der Waals surface area (Å²) in [5, 5.41) is 3.83. The Morgan fingerprint density at radius 1 is 1.54 bits per heavy atom. The van der Waals surface area contributed by atoms with Crippen LogP contribution < -0.4 is 5.73 Å². The normalized spacial score (nSPS) is 10.6. The van der Waals surface area contributed by atoms with Gasteiger partial charge in [-0.3, -0.25) is 0 Å². The molecule has 0 unspecified atom stereocenters. The van der Waals surface area contributed by atoms with Crippen molar-refractivity contribution >= 4 is 33.2 Å². The predicted octanol–water partition coefficient (Wildman–Crippen LogP) is 2.45. The van der Waals surface area contributed by atoms with E-state index in [0.29, 0.717) is 11.6 Å². The highest BCUT2D eigenvalue weighted by Crippen LogP contribution is 2.32. The first-order valence-corrected chi connectivity index (χ1v) is 5.18. The fourth-order valence-electron chi connectivity index (χ4n) is 0.955. The van der Waals surface area contributed by atoms with E-state index in [1.54, 1.807) is 5.51 Å². The Bertz CT molecular complexity index is 437. The maximum atomic E-state index is 5.53. The van der Waals surface area contributed by atoms with E-state index in [1.165, 1.54) is 11.3 Å². The lowest BCUT2D eigenvalue weighted by Crippen LogP contribution is -1.85. The molecule has 0 aromatic carbocycles. The molecule has 0 atom stereocenters. The Morgan fingerprint density at radius 3 is 2.77 bits per heavy atom. The number of rotatable bonds is 1. The largest absolute Gasteiger partial charge is 0.367 e. The average Bonchev–Trinajstić information content (AvgIpc) is 2.62. The maximum absolute atomic E-state index is 5.53. The quantitative estimate of drug-likeness (QED) is 0.855. The fourth-order valence-corrected chi connectivity index (χ4v) is 2.01. The second-order valence-electron chi connectivity index (χ2n) is 2.50. The minimum atomic E-state index is 0.343. The van der Waals surface area contributed by atoms with Crippen molar-refractivity contribution in [2.45, 2.75) is 6.92 Å². The Morgan fingerprint density at radius 2 is 2.31 bits per heavy atom. The van der Waals surface area contributed by atoms with Crippen molar-refractivity contribution in [3.63, 3.8) is 0 Å². The molecule has 2 heterocycles. The van der Waals surface area contributed by atoms with Gasteiger partial charge < -0.3 is 10.3 Å². The zero-order valence-corrected chi connectivity index (χ0v) is 9.15. The summed E-state index contributed by atoms with van der Waals surface area (Å²) in [6.07, 6.45) is 0. The molecular formula is C7H6BrN3OS. The summed E-state index contributed by atoms with van der Waals surface area (Å²) in [5.41, 5.74) is 9.57. The number of hydrogen-bond donors (Lipinski definition) is 1. The molecule has 0 saturated carbocycles. The minimum Gasteiger partial charge on any atom is -0.367 e. The first-order chi connectivity index (χ1) is 6.20. The van der Waals surface area contributed by atoms with Gasteiger partial charge in [-0.15, -0.1) is 11.3 Å². The lowest BCUT2D eigenvalue weighted by molar-refractivity contribution is 0.438. The van der Waals surface area contributed by atoms with Crippen molar-refractivity contribution in [1.82, 2.24) is 10.1 Å². The maximum Gasteiger partial charge on any atom is 0.225 e. The third kappa shape index (κ3) is 1.36. The van der Waals surface area contributed by atoms with Gasteiger partial charge in [-0.25, -0.2) is 4.98 Å². The van der Waals surface area contributed by atoms with Crippen molar-refractivity contribution in [1.29, 1.82) is 0 Å². The molecule has 0 aliphatic rings. The van der Waals surface area contributed by atoms with E-state index in [0.717, 1.165) is 15.0 Å². The van der Waals surface area contributed by atoms with E-state index in [1.807, 2.05) is 6.92 Å². The molecule has 0 bridgehead atoms. The van der Waals surface area contributed by atoms with Gasteiger partial charge in [-0.1, -0.05) is 5.16 Å². The van der Waals surface area contributed by atoms with Crippen molar-refractivity contribution < 1.29 is 4.52 Å². The van der Waals surface area contributed by atoms with Gasteiger partial charge in [0.05, 0.1) is 9.30 Å². The molecule has 0 amide bonds. The molecule has 2 aromatic rings. The van der Waals surface area contributed by atoms with Crippen LogP contribution in [0.4, 0.5) is 5.88 Å². The lowest BCUT2D eigenvalue weighted by Gasteiger charge is -1.91. The number of nitrogen functional groups attached to an aromatic ring is 1. The van der Waals surface area contributed by atoms with E-state index in [4.69, 9.17) is 10.3 Å². The number of hydrogen-bond acceptors (Lipinski definition) is 5. The van der Waals surface area contributed by atoms with Crippen LogP contribution in [0.1, 0.15) is 5.56 Å². The number of anilines is 1. The molecule has 0 aliphatic carbocycles. The zero-order chi connectivity index (χ0) is 9.42. The smallest absolute Gasteiger partial charge is 0.225 e. The fraction of sp³-hybridized carbons (Fsp3) is 0.143. The first kappa shape index (κ1) is 8.71. The Labute approximate surface area is 86.9 Å². The number of nitrogens with zero attached hydrogens (tertiary/aromatic N) is 2. The number of nitrogens with two attached hydrogens (primary N) is 1. The topological polar surface area (TPSA) is 64.9 Å². The Hall–Kier alpha value is -0.880. The highest BCUT2D eigenvalue weighted by Gasteiger charge is 2.15. The highest BCUT2D eigenvalue weighted by atomic mass is 79.9. The second-order valence-corrected chi connectivity index (χ2v) is 4.67. The van der Waals surface area contributed by atoms with Crippen LogP contribution in [-0.2, 0) is 0 Å². The van der Waals surface area contributed by atoms with E-state index in [9.17, 15) is 0 Å². The van der Waals surface area contributed by atoms with Crippen LogP contribution in [0.5, 0.6) is 0 Å². The molecule has 6 heteroatoms. The molecule has 2 N–H and O–H groups in total. The van der Waals surface area contributed by atoms with Crippen LogP contribution >= 0.6 is 27.3 Å². The molecular weight excluding hydrogens is 254 g/mol. The summed E-state index contributed by atoms with van der Waals surface area (Å²) in [6, 6.07) is 0. The molecule has 0 spiro atoms. The Kier molecular flexibility index (Phi) is 2.09. The molecule has 13 heavy (non-hydrogen) atoms. The number of aromatic nitrogens is 2. The van der Waals surface area contributed by atoms with Crippen molar-refractivity contribution in [2.24, 2.45) is 0 Å².